The third kappa shape index (κ3) is 7.98. The number of hydrogen-bond donors (Lipinski definition) is 1. The maximum Gasteiger partial charge on any atom is 0.344 e. The van der Waals surface area contributed by atoms with Crippen LogP contribution in [0.15, 0.2) is 53.4 Å². The zero-order chi connectivity index (χ0) is 21.2. The molecule has 0 aliphatic carbocycles. The quantitative estimate of drug-likeness (QED) is 0.451. The first-order valence-corrected chi connectivity index (χ1v) is 9.66. The first-order valence-electron chi connectivity index (χ1n) is 8.78. The summed E-state index contributed by atoms with van der Waals surface area (Å²) < 4.78 is 40.3. The van der Waals surface area contributed by atoms with Gasteiger partial charge in [0.2, 0.25) is 0 Å². The van der Waals surface area contributed by atoms with Crippen LogP contribution in [0.2, 0.25) is 0 Å². The average Bonchev–Trinajstić information content (AvgIpc) is 2.68. The molecule has 2 rings (SSSR count). The van der Waals surface area contributed by atoms with Crippen LogP contribution < -0.4 is 14.8 Å². The third-order valence-electron chi connectivity index (χ3n) is 3.52. The van der Waals surface area contributed by atoms with Crippen LogP contribution in [0.4, 0.5) is 14.5 Å². The van der Waals surface area contributed by atoms with Crippen LogP contribution >= 0.6 is 11.8 Å². The van der Waals surface area contributed by atoms with E-state index in [0.29, 0.717) is 40.5 Å². The van der Waals surface area contributed by atoms with Crippen molar-refractivity contribution in [2.24, 2.45) is 0 Å². The molecule has 6 nitrogen and oxygen atoms in total. The number of ether oxygens (including phenoxy) is 3. The van der Waals surface area contributed by atoms with Crippen molar-refractivity contribution >= 4 is 29.3 Å². The fourth-order valence-electron chi connectivity index (χ4n) is 2.19. The Bertz CT molecular complexity index is 800. The van der Waals surface area contributed by atoms with Gasteiger partial charge in [-0.25, -0.2) is 4.79 Å². The number of nitrogens with one attached hydrogen (secondary N) is 1. The maximum atomic E-state index is 12.3. The molecule has 156 valence electrons. The van der Waals surface area contributed by atoms with Crippen molar-refractivity contribution in [3.8, 4) is 11.5 Å². The highest BCUT2D eigenvalue weighted by Crippen LogP contribution is 2.26. The molecule has 29 heavy (non-hydrogen) atoms. The van der Waals surface area contributed by atoms with Crippen molar-refractivity contribution in [1.82, 2.24) is 0 Å². The van der Waals surface area contributed by atoms with Crippen molar-refractivity contribution in [2.45, 2.75) is 30.6 Å². The molecule has 0 heterocycles. The number of alkyl halides is 2. The van der Waals surface area contributed by atoms with Gasteiger partial charge in [-0.3, -0.25) is 4.79 Å². The first kappa shape index (κ1) is 22.5. The average molecular weight is 425 g/mol. The molecule has 0 fully saturated rings. The molecular formula is C20H21F2NO5S. The highest BCUT2D eigenvalue weighted by molar-refractivity contribution is 7.99. The van der Waals surface area contributed by atoms with Crippen molar-refractivity contribution in [1.29, 1.82) is 0 Å². The predicted molar refractivity (Wildman–Crippen MR) is 106 cm³/mol. The minimum Gasteiger partial charge on any atom is -0.494 e. The van der Waals surface area contributed by atoms with Gasteiger partial charge in [-0.1, -0.05) is 11.8 Å². The van der Waals surface area contributed by atoms with Gasteiger partial charge in [0.05, 0.1) is 6.61 Å². The van der Waals surface area contributed by atoms with E-state index in [9.17, 15) is 18.4 Å². The van der Waals surface area contributed by atoms with Crippen LogP contribution in [0.1, 0.15) is 13.8 Å². The van der Waals surface area contributed by atoms with Gasteiger partial charge in [-0.05, 0) is 62.4 Å². The van der Waals surface area contributed by atoms with E-state index in [0.717, 1.165) is 0 Å². The Labute approximate surface area is 171 Å². The molecule has 0 saturated heterocycles. The van der Waals surface area contributed by atoms with E-state index in [1.807, 2.05) is 6.92 Å². The summed E-state index contributed by atoms with van der Waals surface area (Å²) in [6, 6.07) is 12.7. The summed E-state index contributed by atoms with van der Waals surface area (Å²) >= 11 is 0.411. The van der Waals surface area contributed by atoms with E-state index >= 15 is 0 Å². The molecule has 1 N–H and O–H groups in total. The molecule has 0 aromatic heterocycles. The zero-order valence-corrected chi connectivity index (χ0v) is 16.7. The van der Waals surface area contributed by atoms with Crippen LogP contribution in [0, 0.1) is 0 Å². The summed E-state index contributed by atoms with van der Waals surface area (Å²) in [7, 11) is 0. The Balaban J connectivity index is 1.77. The summed E-state index contributed by atoms with van der Waals surface area (Å²) in [4.78, 5) is 24.4. The van der Waals surface area contributed by atoms with Crippen molar-refractivity contribution in [3.63, 3.8) is 0 Å². The van der Waals surface area contributed by atoms with E-state index in [2.05, 4.69) is 5.32 Å². The largest absolute Gasteiger partial charge is 0.494 e. The van der Waals surface area contributed by atoms with E-state index in [-0.39, 0.29) is 6.61 Å². The van der Waals surface area contributed by atoms with Crippen molar-refractivity contribution in [3.05, 3.63) is 48.5 Å². The minimum atomic E-state index is -2.51. The number of rotatable bonds is 10. The molecule has 0 spiro atoms. The van der Waals surface area contributed by atoms with Crippen LogP contribution in [-0.4, -0.2) is 37.0 Å². The highest BCUT2D eigenvalue weighted by atomic mass is 32.2. The Morgan fingerprint density at radius 1 is 1.00 bits per heavy atom. The fraction of sp³-hybridized carbons (Fsp3) is 0.300. The lowest BCUT2D eigenvalue weighted by molar-refractivity contribution is -0.155. The summed E-state index contributed by atoms with van der Waals surface area (Å²) in [5.41, 5.74) is 0.405. The summed E-state index contributed by atoms with van der Waals surface area (Å²) in [5.74, 6) is -2.61. The second kappa shape index (κ2) is 11.3. The molecular weight excluding hydrogens is 404 g/mol. The normalized spacial score (nSPS) is 11.6. The Kier molecular flexibility index (Phi) is 8.72. The van der Waals surface area contributed by atoms with Crippen LogP contribution in [0.3, 0.4) is 0 Å². The van der Waals surface area contributed by atoms with Gasteiger partial charge in [0.25, 0.3) is 11.7 Å². The van der Waals surface area contributed by atoms with Crippen molar-refractivity contribution < 1.29 is 32.6 Å². The summed E-state index contributed by atoms with van der Waals surface area (Å²) in [6.45, 7) is 3.49. The molecule has 0 unspecified atom stereocenters. The lowest BCUT2D eigenvalue weighted by atomic mass is 10.3. The lowest BCUT2D eigenvalue weighted by Gasteiger charge is -2.14. The zero-order valence-electron chi connectivity index (χ0n) is 15.9. The fourth-order valence-corrected chi connectivity index (χ4v) is 2.69. The van der Waals surface area contributed by atoms with Gasteiger partial charge in [0.15, 0.2) is 12.7 Å². The minimum absolute atomic E-state index is 0.356. The lowest BCUT2D eigenvalue weighted by Crippen LogP contribution is -2.31. The molecule has 0 saturated carbocycles. The molecule has 1 atom stereocenters. The smallest absolute Gasteiger partial charge is 0.344 e. The molecule has 0 aliphatic heterocycles. The molecule has 9 heteroatoms. The number of esters is 1. The second-order valence-electron chi connectivity index (χ2n) is 5.72. The number of halogens is 2. The molecule has 0 bridgehead atoms. The number of thioether (sulfide) groups is 1. The van der Waals surface area contributed by atoms with Crippen LogP contribution in [0.5, 0.6) is 11.5 Å². The number of anilines is 1. The standard InChI is InChI=1S/C20H21F2NO5S/c1-3-26-15-6-8-16(9-7-15)27-12-18(24)28-13(2)19(25)23-14-4-10-17(11-5-14)29-20(21)22/h4-11,13,20H,3,12H2,1-2H3,(H,23,25)/t13-/m1/s1. The molecule has 2 aromatic carbocycles. The summed E-state index contributed by atoms with van der Waals surface area (Å²) in [5, 5.41) is 2.55. The van der Waals surface area contributed by atoms with E-state index in [1.165, 1.54) is 31.2 Å². The summed E-state index contributed by atoms with van der Waals surface area (Å²) in [6.07, 6.45) is -1.05. The molecule has 0 radical (unpaired) electrons. The number of benzene rings is 2. The molecule has 1 amide bonds. The molecule has 0 aliphatic rings. The maximum absolute atomic E-state index is 12.3. The van der Waals surface area contributed by atoms with Gasteiger partial charge in [-0.15, -0.1) is 0 Å². The van der Waals surface area contributed by atoms with Crippen LogP contribution in [-0.2, 0) is 14.3 Å². The number of amides is 1. The number of hydrogen-bond acceptors (Lipinski definition) is 6. The Morgan fingerprint density at radius 2 is 1.59 bits per heavy atom. The molecule has 2 aromatic rings. The van der Waals surface area contributed by atoms with Gasteiger partial charge < -0.3 is 19.5 Å². The monoisotopic (exact) mass is 425 g/mol. The van der Waals surface area contributed by atoms with Gasteiger partial charge in [-0.2, -0.15) is 8.78 Å². The highest BCUT2D eigenvalue weighted by Gasteiger charge is 2.18. The number of carbonyl (C=O) groups is 2. The Hall–Kier alpha value is -2.81. The van der Waals surface area contributed by atoms with Gasteiger partial charge in [0.1, 0.15) is 11.5 Å². The SMILES string of the molecule is CCOc1ccc(OCC(=O)O[C@H](C)C(=O)Nc2ccc(SC(F)F)cc2)cc1. The topological polar surface area (TPSA) is 73.9 Å². The van der Waals surface area contributed by atoms with Gasteiger partial charge >= 0.3 is 5.97 Å². The van der Waals surface area contributed by atoms with Gasteiger partial charge in [0, 0.05) is 10.6 Å². The second-order valence-corrected chi connectivity index (χ2v) is 6.78. The van der Waals surface area contributed by atoms with E-state index in [1.54, 1.807) is 24.3 Å². The predicted octanol–water partition coefficient (Wildman–Crippen LogP) is 4.35. The van der Waals surface area contributed by atoms with E-state index < -0.39 is 23.7 Å². The van der Waals surface area contributed by atoms with E-state index in [4.69, 9.17) is 14.2 Å². The first-order chi connectivity index (χ1) is 13.9. The van der Waals surface area contributed by atoms with Crippen molar-refractivity contribution in [2.75, 3.05) is 18.5 Å². The Morgan fingerprint density at radius 3 is 2.14 bits per heavy atom. The van der Waals surface area contributed by atoms with Crippen LogP contribution in [0.25, 0.3) is 0 Å². The third-order valence-corrected chi connectivity index (χ3v) is 4.24. The number of carbonyl (C=O) groups excluding carboxylic acids is 2.